The van der Waals surface area contributed by atoms with Crippen LogP contribution in [0.15, 0.2) is 29.8 Å². The molecule has 0 spiro atoms. The number of ether oxygens (including phenoxy) is 1. The van der Waals surface area contributed by atoms with E-state index in [2.05, 4.69) is 10.3 Å². The maximum absolute atomic E-state index is 13.2. The predicted molar refractivity (Wildman–Crippen MR) is 105 cm³/mol. The number of alkyl halides is 3. The van der Waals surface area contributed by atoms with Gasteiger partial charge in [0.1, 0.15) is 5.69 Å². The molecule has 1 N–H and O–H groups in total. The van der Waals surface area contributed by atoms with Gasteiger partial charge in [0.2, 0.25) is 0 Å². The van der Waals surface area contributed by atoms with Crippen molar-refractivity contribution in [3.8, 4) is 0 Å². The fraction of sp³-hybridized carbons (Fsp3) is 0.316. The van der Waals surface area contributed by atoms with Crippen LogP contribution < -0.4 is 10.2 Å². The van der Waals surface area contributed by atoms with E-state index in [0.717, 1.165) is 12.1 Å². The van der Waals surface area contributed by atoms with Gasteiger partial charge in [-0.1, -0.05) is 0 Å². The van der Waals surface area contributed by atoms with Crippen LogP contribution >= 0.6 is 11.3 Å². The van der Waals surface area contributed by atoms with Crippen LogP contribution in [-0.4, -0.2) is 47.4 Å². The topological polar surface area (TPSA) is 75.9 Å². The van der Waals surface area contributed by atoms with E-state index in [1.807, 2.05) is 4.90 Å². The molecule has 1 aliphatic heterocycles. The zero-order chi connectivity index (χ0) is 21.5. The van der Waals surface area contributed by atoms with Gasteiger partial charge in [-0.15, -0.1) is 11.3 Å². The summed E-state index contributed by atoms with van der Waals surface area (Å²) in [5, 5.41) is 4.11. The highest BCUT2D eigenvalue weighted by Gasteiger charge is 2.32. The number of benzene rings is 1. The smallest absolute Gasteiger partial charge is 0.378 e. The quantitative estimate of drug-likeness (QED) is 0.499. The van der Waals surface area contributed by atoms with Crippen LogP contribution in [-0.2, 0) is 15.7 Å². The Hall–Kier alpha value is -2.92. The summed E-state index contributed by atoms with van der Waals surface area (Å²) in [7, 11) is 0. The second kappa shape index (κ2) is 7.73. The molecule has 30 heavy (non-hydrogen) atoms. The van der Waals surface area contributed by atoms with Crippen molar-refractivity contribution in [2.45, 2.75) is 13.1 Å². The van der Waals surface area contributed by atoms with Crippen molar-refractivity contribution < 1.29 is 27.5 Å². The molecule has 0 unspecified atom stereocenters. The maximum Gasteiger partial charge on any atom is 0.416 e. The summed E-state index contributed by atoms with van der Waals surface area (Å²) in [6.45, 7) is 3.35. The third kappa shape index (κ3) is 3.77. The maximum atomic E-state index is 13.2. The number of anilines is 2. The van der Waals surface area contributed by atoms with E-state index in [1.165, 1.54) is 21.8 Å². The lowest BCUT2D eigenvalue weighted by atomic mass is 10.1. The van der Waals surface area contributed by atoms with Crippen molar-refractivity contribution in [3.63, 3.8) is 0 Å². The van der Waals surface area contributed by atoms with Gasteiger partial charge in [0, 0.05) is 24.7 Å². The second-order valence-electron chi connectivity index (χ2n) is 6.71. The number of halogens is 3. The number of hydrogen-bond acceptors (Lipinski definition) is 6. The number of carbonyl (C=O) groups is 2. The van der Waals surface area contributed by atoms with Crippen LogP contribution in [0.2, 0.25) is 0 Å². The van der Waals surface area contributed by atoms with E-state index in [1.54, 1.807) is 18.5 Å². The fourth-order valence-electron chi connectivity index (χ4n) is 3.35. The van der Waals surface area contributed by atoms with Crippen LogP contribution in [0.4, 0.5) is 24.5 Å². The highest BCUT2D eigenvalue weighted by molar-refractivity contribution is 7.15. The molecule has 1 aliphatic rings. The second-order valence-corrected chi connectivity index (χ2v) is 7.59. The first-order valence-electron chi connectivity index (χ1n) is 9.07. The summed E-state index contributed by atoms with van der Waals surface area (Å²) in [6, 6.07) is 3.10. The summed E-state index contributed by atoms with van der Waals surface area (Å²) in [4.78, 5) is 32.1. The van der Waals surface area contributed by atoms with Gasteiger partial charge in [0.05, 0.1) is 35.8 Å². The molecule has 1 amide bonds. The van der Waals surface area contributed by atoms with Crippen molar-refractivity contribution in [1.29, 1.82) is 0 Å². The molecule has 3 aromatic rings. The number of thiazole rings is 1. The van der Waals surface area contributed by atoms with Crippen LogP contribution in [0, 0.1) is 6.92 Å². The number of hydrogen-bond donors (Lipinski definition) is 1. The Morgan fingerprint density at radius 2 is 1.97 bits per heavy atom. The summed E-state index contributed by atoms with van der Waals surface area (Å²) in [5.41, 5.74) is -0.127. The van der Waals surface area contributed by atoms with E-state index in [9.17, 15) is 22.8 Å². The minimum absolute atomic E-state index is 0.0752. The number of ketones is 1. The number of aryl methyl sites for hydroxylation is 1. The number of morpholine rings is 1. The Labute approximate surface area is 173 Å². The molecule has 7 nitrogen and oxygen atoms in total. The average Bonchev–Trinajstić information content (AvgIpc) is 3.27. The number of imidazole rings is 1. The highest BCUT2D eigenvalue weighted by Crippen LogP contribution is 2.36. The molecule has 1 aromatic carbocycles. The molecular weight excluding hydrogens is 421 g/mol. The normalized spacial score (nSPS) is 14.9. The van der Waals surface area contributed by atoms with E-state index in [0.29, 0.717) is 42.6 Å². The zero-order valence-electron chi connectivity index (χ0n) is 15.8. The molecule has 4 rings (SSSR count). The van der Waals surface area contributed by atoms with Crippen LogP contribution in [0.5, 0.6) is 0 Å². The summed E-state index contributed by atoms with van der Waals surface area (Å²) >= 11 is 1.31. The Morgan fingerprint density at radius 3 is 2.67 bits per heavy atom. The van der Waals surface area contributed by atoms with Crippen LogP contribution in [0.3, 0.4) is 0 Å². The third-order valence-electron chi connectivity index (χ3n) is 4.78. The van der Waals surface area contributed by atoms with Gasteiger partial charge >= 0.3 is 6.18 Å². The third-order valence-corrected chi connectivity index (χ3v) is 5.54. The lowest BCUT2D eigenvalue weighted by Crippen LogP contribution is -2.37. The SMILES string of the molecule is Cc1nc2sccn2c1C(=O)C(=O)Nc1cc(C(F)(F)F)ccc1N1CCOCC1. The number of carbonyl (C=O) groups excluding carboxylic acids is 2. The standard InChI is InChI=1S/C19H17F3N4O3S/c1-11-15(26-6-9-30-18(26)23-11)16(27)17(28)24-13-10-12(19(20,21)22)2-3-14(13)25-4-7-29-8-5-25/h2-3,6,9-10H,4-5,7-8H2,1H3,(H,24,28). The molecule has 0 radical (unpaired) electrons. The molecule has 0 bridgehead atoms. The fourth-order valence-corrected chi connectivity index (χ4v) is 4.11. The van der Waals surface area contributed by atoms with Crippen LogP contribution in [0.1, 0.15) is 21.7 Å². The highest BCUT2D eigenvalue weighted by atomic mass is 32.1. The molecule has 3 heterocycles. The zero-order valence-corrected chi connectivity index (χ0v) is 16.6. The number of nitrogens with zero attached hydrogens (tertiary/aromatic N) is 3. The van der Waals surface area contributed by atoms with Crippen molar-refractivity contribution in [2.24, 2.45) is 0 Å². The largest absolute Gasteiger partial charge is 0.416 e. The van der Waals surface area contributed by atoms with Crippen molar-refractivity contribution in [3.05, 3.63) is 46.7 Å². The van der Waals surface area contributed by atoms with Gasteiger partial charge in [-0.3, -0.25) is 14.0 Å². The predicted octanol–water partition coefficient (Wildman–Crippen LogP) is 3.38. The summed E-state index contributed by atoms with van der Waals surface area (Å²) in [6.07, 6.45) is -2.97. The number of rotatable bonds is 4. The molecule has 2 aromatic heterocycles. The average molecular weight is 438 g/mol. The number of Topliss-reactive ketones (excluding diaryl/α,β-unsaturated/α-hetero) is 1. The molecular formula is C19H17F3N4O3S. The number of aromatic nitrogens is 2. The van der Waals surface area contributed by atoms with E-state index >= 15 is 0 Å². The Bertz CT molecular complexity index is 1120. The molecule has 158 valence electrons. The van der Waals surface area contributed by atoms with Gasteiger partial charge in [-0.25, -0.2) is 4.98 Å². The first-order chi connectivity index (χ1) is 14.3. The Kier molecular flexibility index (Phi) is 5.24. The molecule has 1 saturated heterocycles. The molecule has 11 heteroatoms. The van der Waals surface area contributed by atoms with Gasteiger partial charge in [-0.05, 0) is 25.1 Å². The van der Waals surface area contributed by atoms with E-state index in [-0.39, 0.29) is 11.4 Å². The molecule has 0 atom stereocenters. The molecule has 1 fully saturated rings. The van der Waals surface area contributed by atoms with Crippen molar-refractivity contribution in [2.75, 3.05) is 36.5 Å². The van der Waals surface area contributed by atoms with Gasteiger partial charge in [0.25, 0.3) is 11.7 Å². The van der Waals surface area contributed by atoms with E-state index in [4.69, 9.17) is 4.74 Å². The van der Waals surface area contributed by atoms with Gasteiger partial charge < -0.3 is 15.0 Å². The number of fused-ring (bicyclic) bond motifs is 1. The summed E-state index contributed by atoms with van der Waals surface area (Å²) < 4.78 is 46.5. The molecule has 0 aliphatic carbocycles. The minimum Gasteiger partial charge on any atom is -0.378 e. The summed E-state index contributed by atoms with van der Waals surface area (Å²) in [5.74, 6) is -1.90. The van der Waals surface area contributed by atoms with Crippen molar-refractivity contribution in [1.82, 2.24) is 9.38 Å². The van der Waals surface area contributed by atoms with Crippen molar-refractivity contribution >= 4 is 39.4 Å². The van der Waals surface area contributed by atoms with Crippen LogP contribution in [0.25, 0.3) is 4.96 Å². The number of amides is 1. The lowest BCUT2D eigenvalue weighted by molar-refractivity contribution is -0.137. The first kappa shape index (κ1) is 20.4. The Balaban J connectivity index is 1.67. The first-order valence-corrected chi connectivity index (χ1v) is 9.95. The minimum atomic E-state index is -4.59. The lowest BCUT2D eigenvalue weighted by Gasteiger charge is -2.31. The van der Waals surface area contributed by atoms with E-state index < -0.39 is 23.4 Å². The van der Waals surface area contributed by atoms with Gasteiger partial charge in [-0.2, -0.15) is 13.2 Å². The molecule has 0 saturated carbocycles. The van der Waals surface area contributed by atoms with Gasteiger partial charge in [0.15, 0.2) is 4.96 Å². The monoisotopic (exact) mass is 438 g/mol. The number of nitrogens with one attached hydrogen (secondary N) is 1. The Morgan fingerprint density at radius 1 is 1.23 bits per heavy atom.